The highest BCUT2D eigenvalue weighted by Gasteiger charge is 2.16. The first-order valence-electron chi connectivity index (χ1n) is 4.09. The van der Waals surface area contributed by atoms with Gasteiger partial charge in [0.1, 0.15) is 0 Å². The van der Waals surface area contributed by atoms with Crippen molar-refractivity contribution in [1.82, 2.24) is 4.98 Å². The lowest BCUT2D eigenvalue weighted by Crippen LogP contribution is -1.87. The summed E-state index contributed by atoms with van der Waals surface area (Å²) in [5, 5.41) is 0.632. The number of hydrogen-bond acceptors (Lipinski definition) is 2. The number of thioether (sulfide) groups is 1. The Kier molecular flexibility index (Phi) is 2.17. The second-order valence-corrected chi connectivity index (χ2v) is 4.39. The molecular weight excluding hydrogens is 166 g/mol. The molecular formula is C10H11NS. The largest absolute Gasteiger partial charge is 0.265 e. The van der Waals surface area contributed by atoms with Gasteiger partial charge in [0, 0.05) is 17.6 Å². The van der Waals surface area contributed by atoms with Crippen LogP contribution in [0.1, 0.15) is 24.2 Å². The fourth-order valence-corrected chi connectivity index (χ4v) is 2.50. The third-order valence-corrected chi connectivity index (χ3v) is 3.31. The van der Waals surface area contributed by atoms with Crippen LogP contribution in [-0.4, -0.2) is 4.98 Å². The van der Waals surface area contributed by atoms with E-state index in [-0.39, 0.29) is 0 Å². The molecule has 1 aromatic rings. The van der Waals surface area contributed by atoms with Crippen molar-refractivity contribution in [2.24, 2.45) is 0 Å². The van der Waals surface area contributed by atoms with E-state index in [2.05, 4.69) is 30.1 Å². The van der Waals surface area contributed by atoms with Gasteiger partial charge < -0.3 is 0 Å². The smallest absolute Gasteiger partial charge is 0.0377 e. The minimum Gasteiger partial charge on any atom is -0.265 e. The first kappa shape index (κ1) is 7.87. The first-order chi connectivity index (χ1) is 5.86. The average Bonchev–Trinajstić information content (AvgIpc) is 2.54. The zero-order valence-corrected chi connectivity index (χ0v) is 7.84. The lowest BCUT2D eigenvalue weighted by molar-refractivity contribution is 0.983. The molecule has 2 heteroatoms. The average molecular weight is 177 g/mol. The summed E-state index contributed by atoms with van der Waals surface area (Å²) in [5.41, 5.74) is 1.39. The summed E-state index contributed by atoms with van der Waals surface area (Å²) < 4.78 is 0. The summed E-state index contributed by atoms with van der Waals surface area (Å²) in [6.45, 7) is 2.17. The zero-order chi connectivity index (χ0) is 8.39. The number of rotatable bonds is 1. The Morgan fingerprint density at radius 1 is 1.42 bits per heavy atom. The molecule has 0 saturated heterocycles. The van der Waals surface area contributed by atoms with Gasteiger partial charge in [-0.1, -0.05) is 6.08 Å². The van der Waals surface area contributed by atoms with Crippen molar-refractivity contribution in [3.63, 3.8) is 0 Å². The van der Waals surface area contributed by atoms with Crippen molar-refractivity contribution in [2.75, 3.05) is 0 Å². The van der Waals surface area contributed by atoms with Crippen molar-refractivity contribution in [1.29, 1.82) is 0 Å². The second-order valence-electron chi connectivity index (χ2n) is 2.94. The fraction of sp³-hybridized carbons (Fsp3) is 0.300. The van der Waals surface area contributed by atoms with Crippen LogP contribution in [0.3, 0.4) is 0 Å². The van der Waals surface area contributed by atoms with Gasteiger partial charge >= 0.3 is 0 Å². The van der Waals surface area contributed by atoms with Crippen molar-refractivity contribution in [3.05, 3.63) is 41.1 Å². The minimum absolute atomic E-state index is 0.632. The van der Waals surface area contributed by atoms with Gasteiger partial charge in [-0.15, -0.1) is 11.8 Å². The lowest BCUT2D eigenvalue weighted by atomic mass is 10.1. The van der Waals surface area contributed by atoms with Gasteiger partial charge in [-0.3, -0.25) is 4.98 Å². The molecule has 1 aliphatic rings. The van der Waals surface area contributed by atoms with E-state index in [1.165, 1.54) is 16.9 Å². The topological polar surface area (TPSA) is 12.9 Å². The highest BCUT2D eigenvalue weighted by Crippen LogP contribution is 2.42. The number of hydrogen-bond donors (Lipinski definition) is 0. The molecule has 1 aromatic heterocycles. The molecule has 0 spiro atoms. The summed E-state index contributed by atoms with van der Waals surface area (Å²) in [7, 11) is 0. The fourth-order valence-electron chi connectivity index (χ4n) is 1.38. The van der Waals surface area contributed by atoms with E-state index in [1.54, 1.807) is 0 Å². The first-order valence-corrected chi connectivity index (χ1v) is 4.97. The molecule has 62 valence electrons. The quantitative estimate of drug-likeness (QED) is 0.653. The standard InChI is InChI=1S/C10H11NS/c1-8-2-3-10(12-8)9-4-6-11-7-5-9/h2,4-7,10H,3H2,1H3. The van der Waals surface area contributed by atoms with Crippen LogP contribution in [0.4, 0.5) is 0 Å². The maximum atomic E-state index is 4.01. The van der Waals surface area contributed by atoms with Gasteiger partial charge in [0.15, 0.2) is 0 Å². The molecule has 0 bridgehead atoms. The summed E-state index contributed by atoms with van der Waals surface area (Å²) in [4.78, 5) is 5.45. The summed E-state index contributed by atoms with van der Waals surface area (Å²) >= 11 is 1.95. The molecule has 12 heavy (non-hydrogen) atoms. The van der Waals surface area contributed by atoms with Crippen LogP contribution in [0.25, 0.3) is 0 Å². The van der Waals surface area contributed by atoms with Crippen LogP contribution < -0.4 is 0 Å². The van der Waals surface area contributed by atoms with E-state index < -0.39 is 0 Å². The number of pyridine rings is 1. The Labute approximate surface area is 76.9 Å². The molecule has 2 rings (SSSR count). The Balaban J connectivity index is 2.14. The van der Waals surface area contributed by atoms with E-state index in [4.69, 9.17) is 0 Å². The third kappa shape index (κ3) is 1.53. The molecule has 2 heterocycles. The minimum atomic E-state index is 0.632. The predicted molar refractivity (Wildman–Crippen MR) is 52.9 cm³/mol. The maximum absolute atomic E-state index is 4.01. The molecule has 1 unspecified atom stereocenters. The van der Waals surface area contributed by atoms with E-state index in [0.717, 1.165) is 0 Å². The second kappa shape index (κ2) is 3.31. The molecule has 0 N–H and O–H groups in total. The van der Waals surface area contributed by atoms with Gasteiger partial charge in [0.05, 0.1) is 0 Å². The normalized spacial score (nSPS) is 22.4. The Morgan fingerprint density at radius 3 is 2.75 bits per heavy atom. The number of allylic oxidation sites excluding steroid dienone is 2. The summed E-state index contributed by atoms with van der Waals surface area (Å²) in [6.07, 6.45) is 7.20. The predicted octanol–water partition coefficient (Wildman–Crippen LogP) is 3.16. The number of aromatic nitrogens is 1. The Hall–Kier alpha value is -0.760. The van der Waals surface area contributed by atoms with E-state index in [0.29, 0.717) is 5.25 Å². The molecule has 1 aliphatic heterocycles. The maximum Gasteiger partial charge on any atom is 0.0377 e. The highest BCUT2D eigenvalue weighted by atomic mass is 32.2. The van der Waals surface area contributed by atoms with Gasteiger partial charge in [-0.25, -0.2) is 0 Å². The van der Waals surface area contributed by atoms with Crippen molar-refractivity contribution >= 4 is 11.8 Å². The van der Waals surface area contributed by atoms with Crippen molar-refractivity contribution in [2.45, 2.75) is 18.6 Å². The van der Waals surface area contributed by atoms with Crippen LogP contribution in [0.2, 0.25) is 0 Å². The highest BCUT2D eigenvalue weighted by molar-refractivity contribution is 8.03. The van der Waals surface area contributed by atoms with E-state index in [1.807, 2.05) is 24.2 Å². The van der Waals surface area contributed by atoms with Crippen LogP contribution in [-0.2, 0) is 0 Å². The molecule has 0 saturated carbocycles. The van der Waals surface area contributed by atoms with Gasteiger partial charge in [0.2, 0.25) is 0 Å². The molecule has 0 fully saturated rings. The van der Waals surface area contributed by atoms with Crippen LogP contribution in [0.15, 0.2) is 35.5 Å². The number of nitrogens with zero attached hydrogens (tertiary/aromatic N) is 1. The molecule has 0 aromatic carbocycles. The molecule has 0 amide bonds. The zero-order valence-electron chi connectivity index (χ0n) is 7.03. The van der Waals surface area contributed by atoms with E-state index >= 15 is 0 Å². The molecule has 1 nitrogen and oxygen atoms in total. The van der Waals surface area contributed by atoms with Crippen LogP contribution >= 0.6 is 11.8 Å². The molecule has 0 radical (unpaired) electrons. The summed E-state index contributed by atoms with van der Waals surface area (Å²) in [6, 6.07) is 4.20. The lowest BCUT2D eigenvalue weighted by Gasteiger charge is -2.07. The third-order valence-electron chi connectivity index (χ3n) is 2.03. The van der Waals surface area contributed by atoms with E-state index in [9.17, 15) is 0 Å². The molecule has 1 atom stereocenters. The van der Waals surface area contributed by atoms with Crippen molar-refractivity contribution in [3.8, 4) is 0 Å². The monoisotopic (exact) mass is 177 g/mol. The van der Waals surface area contributed by atoms with Crippen LogP contribution in [0, 0.1) is 0 Å². The van der Waals surface area contributed by atoms with Crippen molar-refractivity contribution < 1.29 is 0 Å². The molecule has 0 aliphatic carbocycles. The van der Waals surface area contributed by atoms with Gasteiger partial charge in [-0.05, 0) is 35.9 Å². The van der Waals surface area contributed by atoms with Crippen LogP contribution in [0.5, 0.6) is 0 Å². The SMILES string of the molecule is CC1=CCC(c2ccncc2)S1. The van der Waals surface area contributed by atoms with Gasteiger partial charge in [-0.2, -0.15) is 0 Å². The van der Waals surface area contributed by atoms with Gasteiger partial charge in [0.25, 0.3) is 0 Å². The summed E-state index contributed by atoms with van der Waals surface area (Å²) in [5.74, 6) is 0. The Morgan fingerprint density at radius 2 is 2.17 bits per heavy atom. The Bertz CT molecular complexity index is 292.